The average molecular weight is 291 g/mol. The van der Waals surface area contributed by atoms with Gasteiger partial charge in [0, 0.05) is 18.7 Å². The first-order valence-corrected chi connectivity index (χ1v) is 7.16. The number of rotatable bonds is 4. The molecule has 1 aromatic rings. The van der Waals surface area contributed by atoms with E-state index in [9.17, 15) is 14.7 Å². The molecule has 1 heterocycles. The Balaban J connectivity index is 1.89. The molecule has 114 valence electrons. The highest BCUT2D eigenvalue weighted by Crippen LogP contribution is 2.16. The fourth-order valence-electron chi connectivity index (χ4n) is 2.52. The van der Waals surface area contributed by atoms with E-state index < -0.39 is 5.91 Å². The van der Waals surface area contributed by atoms with Crippen LogP contribution in [0.15, 0.2) is 24.3 Å². The Morgan fingerprint density at radius 2 is 2.00 bits per heavy atom. The lowest BCUT2D eigenvalue weighted by Gasteiger charge is -2.34. The van der Waals surface area contributed by atoms with Gasteiger partial charge >= 0.3 is 6.03 Å². The highest BCUT2D eigenvalue weighted by Gasteiger charge is 2.25. The first kappa shape index (κ1) is 15.3. The zero-order valence-corrected chi connectivity index (χ0v) is 11.9. The molecule has 1 unspecified atom stereocenters. The zero-order chi connectivity index (χ0) is 15.2. The van der Waals surface area contributed by atoms with Crippen LogP contribution in [0.1, 0.15) is 35.2 Å². The quantitative estimate of drug-likeness (QED) is 0.767. The lowest BCUT2D eigenvalue weighted by Crippen LogP contribution is -2.49. The zero-order valence-electron chi connectivity index (χ0n) is 11.9. The molecule has 1 atom stereocenters. The first-order valence-electron chi connectivity index (χ1n) is 7.16. The second-order valence-corrected chi connectivity index (χ2v) is 5.25. The van der Waals surface area contributed by atoms with Crippen LogP contribution in [-0.2, 0) is 6.54 Å². The molecule has 1 fully saturated rings. The third kappa shape index (κ3) is 3.95. The summed E-state index contributed by atoms with van der Waals surface area (Å²) in [5.74, 6) is -0.468. The van der Waals surface area contributed by atoms with Crippen molar-refractivity contribution in [3.8, 4) is 0 Å². The van der Waals surface area contributed by atoms with E-state index in [1.165, 1.54) is 0 Å². The van der Waals surface area contributed by atoms with Crippen molar-refractivity contribution in [3.63, 3.8) is 0 Å². The number of nitrogens with two attached hydrogens (primary N) is 1. The fourth-order valence-corrected chi connectivity index (χ4v) is 2.52. The van der Waals surface area contributed by atoms with Gasteiger partial charge in [-0.25, -0.2) is 4.79 Å². The molecule has 1 saturated heterocycles. The fraction of sp³-hybridized carbons (Fsp3) is 0.467. The van der Waals surface area contributed by atoms with Gasteiger partial charge in [0.1, 0.15) is 0 Å². The van der Waals surface area contributed by atoms with E-state index in [0.717, 1.165) is 24.8 Å². The van der Waals surface area contributed by atoms with E-state index in [0.29, 0.717) is 18.7 Å². The number of urea groups is 1. The Morgan fingerprint density at radius 3 is 2.62 bits per heavy atom. The summed E-state index contributed by atoms with van der Waals surface area (Å²) in [6.07, 6.45) is 2.86. The molecule has 1 aromatic carbocycles. The van der Waals surface area contributed by atoms with E-state index in [1.54, 1.807) is 29.2 Å². The number of hydrogen-bond acceptors (Lipinski definition) is 3. The molecular formula is C15H21N3O3. The summed E-state index contributed by atoms with van der Waals surface area (Å²) >= 11 is 0. The van der Waals surface area contributed by atoms with Crippen molar-refractivity contribution >= 4 is 11.9 Å². The second kappa shape index (κ2) is 7.08. The van der Waals surface area contributed by atoms with Crippen molar-refractivity contribution < 1.29 is 14.7 Å². The van der Waals surface area contributed by atoms with E-state index in [2.05, 4.69) is 5.32 Å². The number of carbonyl (C=O) groups is 2. The molecule has 6 heteroatoms. The van der Waals surface area contributed by atoms with Crippen LogP contribution in [0.25, 0.3) is 0 Å². The first-order chi connectivity index (χ1) is 10.1. The number of carbonyl (C=O) groups excluding carboxylic acids is 2. The SMILES string of the molecule is NC(=O)c1ccc(CNC(=O)N2CCCCC2CO)cc1. The van der Waals surface area contributed by atoms with E-state index in [1.807, 2.05) is 0 Å². The van der Waals surface area contributed by atoms with Gasteiger partial charge in [0.05, 0.1) is 12.6 Å². The summed E-state index contributed by atoms with van der Waals surface area (Å²) in [6, 6.07) is 6.56. The molecule has 1 aliphatic rings. The van der Waals surface area contributed by atoms with Crippen molar-refractivity contribution in [3.05, 3.63) is 35.4 Å². The third-order valence-corrected chi connectivity index (χ3v) is 3.78. The van der Waals surface area contributed by atoms with Crippen LogP contribution >= 0.6 is 0 Å². The van der Waals surface area contributed by atoms with Crippen molar-refractivity contribution in [1.82, 2.24) is 10.2 Å². The van der Waals surface area contributed by atoms with Crippen LogP contribution < -0.4 is 11.1 Å². The number of benzene rings is 1. The van der Waals surface area contributed by atoms with Crippen LogP contribution in [0.5, 0.6) is 0 Å². The topological polar surface area (TPSA) is 95.7 Å². The predicted octanol–water partition coefficient (Wildman–Crippen LogP) is 0.842. The largest absolute Gasteiger partial charge is 0.394 e. The maximum atomic E-state index is 12.1. The lowest BCUT2D eigenvalue weighted by atomic mass is 10.0. The number of aliphatic hydroxyl groups excluding tert-OH is 1. The van der Waals surface area contributed by atoms with Crippen LogP contribution in [0, 0.1) is 0 Å². The number of nitrogens with one attached hydrogen (secondary N) is 1. The molecule has 2 rings (SSSR count). The van der Waals surface area contributed by atoms with Crippen molar-refractivity contribution in [1.29, 1.82) is 0 Å². The van der Waals surface area contributed by atoms with Crippen molar-refractivity contribution in [2.75, 3.05) is 13.2 Å². The van der Waals surface area contributed by atoms with Gasteiger partial charge in [-0.1, -0.05) is 12.1 Å². The van der Waals surface area contributed by atoms with Gasteiger partial charge in [0.2, 0.25) is 5.91 Å². The number of aliphatic hydroxyl groups is 1. The summed E-state index contributed by atoms with van der Waals surface area (Å²) in [7, 11) is 0. The molecule has 4 N–H and O–H groups in total. The number of nitrogens with zero attached hydrogens (tertiary/aromatic N) is 1. The highest BCUT2D eigenvalue weighted by atomic mass is 16.3. The second-order valence-electron chi connectivity index (χ2n) is 5.25. The van der Waals surface area contributed by atoms with E-state index in [-0.39, 0.29) is 18.7 Å². The normalized spacial score (nSPS) is 18.3. The Hall–Kier alpha value is -2.08. The number of likely N-dealkylation sites (tertiary alicyclic amines) is 1. The minimum Gasteiger partial charge on any atom is -0.394 e. The minimum absolute atomic E-state index is 0.000723. The van der Waals surface area contributed by atoms with Gasteiger partial charge in [-0.15, -0.1) is 0 Å². The maximum Gasteiger partial charge on any atom is 0.317 e. The lowest BCUT2D eigenvalue weighted by molar-refractivity contribution is 0.1000. The molecular weight excluding hydrogens is 270 g/mol. The maximum absolute atomic E-state index is 12.1. The van der Waals surface area contributed by atoms with Gasteiger partial charge < -0.3 is 21.1 Å². The summed E-state index contributed by atoms with van der Waals surface area (Å²) in [5.41, 5.74) is 6.52. The van der Waals surface area contributed by atoms with Gasteiger partial charge in [-0.2, -0.15) is 0 Å². The highest BCUT2D eigenvalue weighted by molar-refractivity contribution is 5.92. The number of amides is 3. The molecule has 21 heavy (non-hydrogen) atoms. The van der Waals surface area contributed by atoms with Crippen LogP contribution in [0.2, 0.25) is 0 Å². The Labute approximate surface area is 123 Å². The molecule has 3 amide bonds. The molecule has 0 radical (unpaired) electrons. The Kier molecular flexibility index (Phi) is 5.16. The third-order valence-electron chi connectivity index (χ3n) is 3.78. The van der Waals surface area contributed by atoms with Crippen LogP contribution in [-0.4, -0.2) is 41.1 Å². The summed E-state index contributed by atoms with van der Waals surface area (Å²) in [4.78, 5) is 24.8. The predicted molar refractivity (Wildman–Crippen MR) is 78.6 cm³/mol. The van der Waals surface area contributed by atoms with Crippen molar-refractivity contribution in [2.45, 2.75) is 31.8 Å². The average Bonchev–Trinajstić information content (AvgIpc) is 2.52. The molecule has 6 nitrogen and oxygen atoms in total. The number of piperidine rings is 1. The summed E-state index contributed by atoms with van der Waals surface area (Å²) < 4.78 is 0. The van der Waals surface area contributed by atoms with Gasteiger partial charge in [-0.05, 0) is 37.0 Å². The van der Waals surface area contributed by atoms with Gasteiger partial charge in [-0.3, -0.25) is 4.79 Å². The Bertz CT molecular complexity index is 501. The smallest absolute Gasteiger partial charge is 0.317 e. The molecule has 0 aliphatic carbocycles. The van der Waals surface area contributed by atoms with Crippen molar-refractivity contribution in [2.24, 2.45) is 5.73 Å². The van der Waals surface area contributed by atoms with Crippen LogP contribution in [0.4, 0.5) is 4.79 Å². The number of hydrogen-bond donors (Lipinski definition) is 3. The van der Waals surface area contributed by atoms with Gasteiger partial charge in [0.15, 0.2) is 0 Å². The monoisotopic (exact) mass is 291 g/mol. The Morgan fingerprint density at radius 1 is 1.29 bits per heavy atom. The standard InChI is InChI=1S/C15H21N3O3/c16-14(20)12-6-4-11(5-7-12)9-17-15(21)18-8-2-1-3-13(18)10-19/h4-7,13,19H,1-3,8-10H2,(H2,16,20)(H,17,21). The van der Waals surface area contributed by atoms with Gasteiger partial charge in [0.25, 0.3) is 0 Å². The number of primary amides is 1. The molecule has 0 spiro atoms. The molecule has 0 aromatic heterocycles. The summed E-state index contributed by atoms with van der Waals surface area (Å²) in [5, 5.41) is 12.2. The molecule has 1 aliphatic heterocycles. The van der Waals surface area contributed by atoms with E-state index >= 15 is 0 Å². The molecule has 0 saturated carbocycles. The minimum atomic E-state index is -0.468. The van der Waals surface area contributed by atoms with E-state index in [4.69, 9.17) is 5.73 Å². The van der Waals surface area contributed by atoms with Crippen LogP contribution in [0.3, 0.4) is 0 Å². The molecule has 0 bridgehead atoms. The summed E-state index contributed by atoms with van der Waals surface area (Å²) in [6.45, 7) is 1.06.